The van der Waals surface area contributed by atoms with Crippen LogP contribution in [0.4, 0.5) is 0 Å². The Kier molecular flexibility index (Phi) is 2.04. The van der Waals surface area contributed by atoms with Gasteiger partial charge in [0.1, 0.15) is 0 Å². The Balaban J connectivity index is 2.49. The molecule has 0 aromatic heterocycles. The Bertz CT molecular complexity index is 145. The van der Waals surface area contributed by atoms with Crippen LogP contribution in [0.2, 0.25) is 0 Å². The summed E-state index contributed by atoms with van der Waals surface area (Å²) in [7, 11) is 0. The molecule has 0 radical (unpaired) electrons. The van der Waals surface area contributed by atoms with Crippen molar-refractivity contribution in [2.75, 3.05) is 6.61 Å². The second-order valence-electron chi connectivity index (χ2n) is 5.08. The summed E-state index contributed by atoms with van der Waals surface area (Å²) in [5.41, 5.74) is 0.905. The van der Waals surface area contributed by atoms with Crippen LogP contribution in [0.25, 0.3) is 0 Å². The van der Waals surface area contributed by atoms with Gasteiger partial charge in [-0.1, -0.05) is 27.7 Å². The zero-order chi connectivity index (χ0) is 8.70. The van der Waals surface area contributed by atoms with Crippen molar-refractivity contribution in [1.82, 2.24) is 0 Å². The minimum absolute atomic E-state index is 0.357. The fraction of sp³-hybridized carbons (Fsp3) is 1.00. The largest absolute Gasteiger partial charge is 0.396 e. The summed E-state index contributed by atoms with van der Waals surface area (Å²) in [6.45, 7) is 9.59. The summed E-state index contributed by atoms with van der Waals surface area (Å²) in [6, 6.07) is 0. The predicted octanol–water partition coefficient (Wildman–Crippen LogP) is 2.44. The maximum absolute atomic E-state index is 8.77. The normalized spacial score (nSPS) is 37.4. The Labute approximate surface area is 69.8 Å². The zero-order valence-corrected chi connectivity index (χ0v) is 8.15. The van der Waals surface area contributed by atoms with Gasteiger partial charge in [-0.15, -0.1) is 0 Å². The second kappa shape index (κ2) is 2.48. The molecule has 1 saturated carbocycles. The van der Waals surface area contributed by atoms with Gasteiger partial charge in [0.05, 0.1) is 0 Å². The summed E-state index contributed by atoms with van der Waals surface area (Å²) < 4.78 is 0. The molecule has 0 saturated heterocycles. The van der Waals surface area contributed by atoms with Crippen molar-refractivity contribution in [3.8, 4) is 0 Å². The molecule has 1 N–H and O–H groups in total. The van der Waals surface area contributed by atoms with Crippen molar-refractivity contribution in [2.45, 2.75) is 40.5 Å². The van der Waals surface area contributed by atoms with Crippen LogP contribution in [0.5, 0.6) is 0 Å². The van der Waals surface area contributed by atoms with Gasteiger partial charge in [-0.2, -0.15) is 0 Å². The zero-order valence-electron chi connectivity index (χ0n) is 8.15. The van der Waals surface area contributed by atoms with Crippen LogP contribution in [0.1, 0.15) is 40.5 Å². The highest BCUT2D eigenvalue weighted by Crippen LogP contribution is 2.64. The van der Waals surface area contributed by atoms with E-state index in [4.69, 9.17) is 5.11 Å². The Morgan fingerprint density at radius 2 is 2.00 bits per heavy atom. The van der Waals surface area contributed by atoms with Gasteiger partial charge in [0, 0.05) is 6.61 Å². The first-order chi connectivity index (χ1) is 4.92. The van der Waals surface area contributed by atoms with E-state index >= 15 is 0 Å². The van der Waals surface area contributed by atoms with Gasteiger partial charge >= 0.3 is 0 Å². The molecule has 0 spiro atoms. The van der Waals surface area contributed by atoms with E-state index in [9.17, 15) is 0 Å². The fourth-order valence-electron chi connectivity index (χ4n) is 1.95. The molecule has 0 unspecified atom stereocenters. The van der Waals surface area contributed by atoms with Crippen molar-refractivity contribution in [1.29, 1.82) is 0 Å². The number of aliphatic hydroxyl groups is 1. The molecule has 1 fully saturated rings. The number of hydrogen-bond acceptors (Lipinski definition) is 1. The number of aliphatic hydroxyl groups excluding tert-OH is 1. The van der Waals surface area contributed by atoms with Crippen molar-refractivity contribution < 1.29 is 5.11 Å². The molecule has 0 aromatic carbocycles. The van der Waals surface area contributed by atoms with Crippen molar-refractivity contribution in [3.05, 3.63) is 0 Å². The molecule has 0 aliphatic heterocycles. The lowest BCUT2D eigenvalue weighted by molar-refractivity contribution is 0.194. The summed E-state index contributed by atoms with van der Waals surface area (Å²) >= 11 is 0. The van der Waals surface area contributed by atoms with E-state index in [0.717, 1.165) is 12.3 Å². The topological polar surface area (TPSA) is 20.2 Å². The summed E-state index contributed by atoms with van der Waals surface area (Å²) in [4.78, 5) is 0. The van der Waals surface area contributed by atoms with E-state index in [-0.39, 0.29) is 0 Å². The molecule has 1 heteroatoms. The van der Waals surface area contributed by atoms with Crippen LogP contribution in [0.3, 0.4) is 0 Å². The van der Waals surface area contributed by atoms with E-state index in [1.54, 1.807) is 0 Å². The van der Waals surface area contributed by atoms with Gasteiger partial charge in [-0.25, -0.2) is 0 Å². The highest BCUT2D eigenvalue weighted by molar-refractivity contribution is 5.05. The van der Waals surface area contributed by atoms with Crippen molar-refractivity contribution in [2.24, 2.45) is 16.7 Å². The molecule has 0 aromatic rings. The molecule has 1 nitrogen and oxygen atoms in total. The monoisotopic (exact) mass is 156 g/mol. The predicted molar refractivity (Wildman–Crippen MR) is 47.4 cm³/mol. The van der Waals surface area contributed by atoms with Crippen LogP contribution in [0, 0.1) is 16.7 Å². The third-order valence-electron chi connectivity index (χ3n) is 3.60. The van der Waals surface area contributed by atoms with Crippen LogP contribution in [0.15, 0.2) is 0 Å². The maximum atomic E-state index is 8.77. The first-order valence-electron chi connectivity index (χ1n) is 4.52. The van der Waals surface area contributed by atoms with Gasteiger partial charge in [0.15, 0.2) is 0 Å². The Morgan fingerprint density at radius 1 is 1.45 bits per heavy atom. The lowest BCUT2D eigenvalue weighted by Gasteiger charge is -2.28. The molecular weight excluding hydrogens is 136 g/mol. The molecule has 66 valence electrons. The molecule has 1 aliphatic rings. The molecule has 2 atom stereocenters. The van der Waals surface area contributed by atoms with E-state index in [1.807, 2.05) is 0 Å². The van der Waals surface area contributed by atoms with Gasteiger partial charge in [0.2, 0.25) is 0 Å². The van der Waals surface area contributed by atoms with E-state index < -0.39 is 0 Å². The lowest BCUT2D eigenvalue weighted by Crippen LogP contribution is -2.20. The lowest BCUT2D eigenvalue weighted by atomic mass is 9.77. The molecule has 0 amide bonds. The molecule has 11 heavy (non-hydrogen) atoms. The Morgan fingerprint density at radius 3 is 2.27 bits per heavy atom. The van der Waals surface area contributed by atoms with E-state index in [1.165, 1.54) is 6.42 Å². The standard InChI is InChI=1S/C10H20O/c1-9(2,3)10(4)7-8(10)5-6-11/h8,11H,5-7H2,1-4H3/t8-,10+/m1/s1. The van der Waals surface area contributed by atoms with Crippen molar-refractivity contribution in [3.63, 3.8) is 0 Å². The average molecular weight is 156 g/mol. The van der Waals surface area contributed by atoms with Gasteiger partial charge < -0.3 is 5.11 Å². The highest BCUT2D eigenvalue weighted by atomic mass is 16.3. The Hall–Kier alpha value is -0.0400. The van der Waals surface area contributed by atoms with Crippen LogP contribution in [-0.2, 0) is 0 Å². The summed E-state index contributed by atoms with van der Waals surface area (Å²) in [5, 5.41) is 8.77. The minimum atomic E-state index is 0.357. The van der Waals surface area contributed by atoms with Crippen LogP contribution in [-0.4, -0.2) is 11.7 Å². The van der Waals surface area contributed by atoms with Crippen LogP contribution >= 0.6 is 0 Å². The van der Waals surface area contributed by atoms with E-state index in [2.05, 4.69) is 27.7 Å². The van der Waals surface area contributed by atoms with Gasteiger partial charge in [0.25, 0.3) is 0 Å². The van der Waals surface area contributed by atoms with Gasteiger partial charge in [-0.3, -0.25) is 0 Å². The summed E-state index contributed by atoms with van der Waals surface area (Å²) in [6.07, 6.45) is 2.30. The summed E-state index contributed by atoms with van der Waals surface area (Å²) in [5.74, 6) is 0.771. The first kappa shape index (κ1) is 9.05. The molecule has 0 bridgehead atoms. The average Bonchev–Trinajstić information content (AvgIpc) is 2.43. The van der Waals surface area contributed by atoms with Crippen molar-refractivity contribution >= 4 is 0 Å². The molecule has 1 aliphatic carbocycles. The second-order valence-corrected chi connectivity index (χ2v) is 5.08. The van der Waals surface area contributed by atoms with Gasteiger partial charge in [-0.05, 0) is 29.6 Å². The van der Waals surface area contributed by atoms with Crippen LogP contribution < -0.4 is 0 Å². The third kappa shape index (κ3) is 1.44. The van der Waals surface area contributed by atoms with E-state index in [0.29, 0.717) is 17.4 Å². The smallest absolute Gasteiger partial charge is 0.0433 e. The molecule has 0 heterocycles. The fourth-order valence-corrected chi connectivity index (χ4v) is 1.95. The maximum Gasteiger partial charge on any atom is 0.0433 e. The third-order valence-corrected chi connectivity index (χ3v) is 3.60. The number of rotatable bonds is 2. The SMILES string of the molecule is CC(C)(C)[C@@]1(C)C[C@H]1CCO. The first-order valence-corrected chi connectivity index (χ1v) is 4.52. The quantitative estimate of drug-likeness (QED) is 0.651. The highest BCUT2D eigenvalue weighted by Gasteiger charge is 2.56. The number of hydrogen-bond donors (Lipinski definition) is 1. The minimum Gasteiger partial charge on any atom is -0.396 e. The molecule has 1 rings (SSSR count). The molecular formula is C10H20O.